The summed E-state index contributed by atoms with van der Waals surface area (Å²) in [5.74, 6) is 0.149. The smallest absolute Gasteiger partial charge is 0.248 e. The van der Waals surface area contributed by atoms with Gasteiger partial charge in [-0.05, 0) is 44.2 Å². The maximum atomic E-state index is 11.5. The van der Waals surface area contributed by atoms with Gasteiger partial charge in [0.15, 0.2) is 5.13 Å². The molecule has 3 N–H and O–H groups in total. The van der Waals surface area contributed by atoms with E-state index in [0.717, 1.165) is 11.3 Å². The molecule has 2 heterocycles. The molecule has 142 valence electrons. The fraction of sp³-hybridized carbons (Fsp3) is 0.250. The van der Waals surface area contributed by atoms with Crippen molar-refractivity contribution in [1.82, 2.24) is 9.97 Å². The Morgan fingerprint density at radius 3 is 2.52 bits per heavy atom. The zero-order valence-corrected chi connectivity index (χ0v) is 16.7. The third-order valence-corrected chi connectivity index (χ3v) is 4.11. The molecule has 0 saturated carbocycles. The van der Waals surface area contributed by atoms with Gasteiger partial charge in [-0.25, -0.2) is 4.98 Å². The first-order valence-electron chi connectivity index (χ1n) is 8.76. The van der Waals surface area contributed by atoms with E-state index in [1.807, 2.05) is 45.2 Å². The maximum absolute atomic E-state index is 11.5. The van der Waals surface area contributed by atoms with Crippen LogP contribution in [-0.2, 0) is 0 Å². The number of anilines is 2. The van der Waals surface area contributed by atoms with Crippen LogP contribution in [0.5, 0.6) is 5.75 Å². The van der Waals surface area contributed by atoms with Crippen molar-refractivity contribution in [2.75, 3.05) is 5.32 Å². The lowest BCUT2D eigenvalue weighted by atomic mass is 10.1. The largest absolute Gasteiger partial charge is 0.489 e. The molecule has 27 heavy (non-hydrogen) atoms. The molecule has 0 radical (unpaired) electrons. The van der Waals surface area contributed by atoms with Gasteiger partial charge in [0.2, 0.25) is 5.91 Å². The average Bonchev–Trinajstić information content (AvgIpc) is 3.13. The summed E-state index contributed by atoms with van der Waals surface area (Å²) in [5.41, 5.74) is 8.28. The molecule has 0 saturated heterocycles. The number of primary amides is 1. The second-order valence-electron chi connectivity index (χ2n) is 5.64. The Balaban J connectivity index is 0.00000126. The van der Waals surface area contributed by atoms with E-state index in [-0.39, 0.29) is 6.10 Å². The Kier molecular flexibility index (Phi) is 7.31. The first kappa shape index (κ1) is 20.4. The van der Waals surface area contributed by atoms with Crippen molar-refractivity contribution in [3.63, 3.8) is 0 Å². The van der Waals surface area contributed by atoms with Crippen molar-refractivity contribution in [2.24, 2.45) is 5.73 Å². The van der Waals surface area contributed by atoms with Crippen molar-refractivity contribution in [1.29, 1.82) is 0 Å². The third-order valence-electron chi connectivity index (χ3n) is 3.35. The van der Waals surface area contributed by atoms with Crippen molar-refractivity contribution in [3.05, 3.63) is 53.7 Å². The SMILES string of the molecule is CC.CC(C)Oc1ccc(C(N)=O)cc1Nc1nc(-c2ccncc2)cs1. The number of rotatable bonds is 6. The van der Waals surface area contributed by atoms with Gasteiger partial charge in [-0.15, -0.1) is 11.3 Å². The van der Waals surface area contributed by atoms with Crippen molar-refractivity contribution < 1.29 is 9.53 Å². The Morgan fingerprint density at radius 1 is 1.19 bits per heavy atom. The molecular formula is C20H24N4O2S. The lowest BCUT2D eigenvalue weighted by Crippen LogP contribution is -2.12. The molecule has 0 atom stereocenters. The van der Waals surface area contributed by atoms with Gasteiger partial charge in [0.25, 0.3) is 0 Å². The number of thiazole rings is 1. The van der Waals surface area contributed by atoms with Gasteiger partial charge < -0.3 is 15.8 Å². The third kappa shape index (κ3) is 5.52. The molecule has 0 aliphatic carbocycles. The van der Waals surface area contributed by atoms with Gasteiger partial charge in [-0.3, -0.25) is 9.78 Å². The van der Waals surface area contributed by atoms with E-state index in [9.17, 15) is 4.79 Å². The fourth-order valence-corrected chi connectivity index (χ4v) is 2.97. The van der Waals surface area contributed by atoms with Crippen LogP contribution >= 0.6 is 11.3 Å². The highest BCUT2D eigenvalue weighted by Gasteiger charge is 2.12. The second-order valence-corrected chi connectivity index (χ2v) is 6.50. The van der Waals surface area contributed by atoms with Gasteiger partial charge >= 0.3 is 0 Å². The number of amides is 1. The quantitative estimate of drug-likeness (QED) is 0.633. The number of ether oxygens (including phenoxy) is 1. The van der Waals surface area contributed by atoms with Crippen LogP contribution in [0.1, 0.15) is 38.1 Å². The average molecular weight is 385 g/mol. The van der Waals surface area contributed by atoms with Gasteiger partial charge in [0.1, 0.15) is 5.75 Å². The number of pyridine rings is 1. The monoisotopic (exact) mass is 384 g/mol. The van der Waals surface area contributed by atoms with E-state index in [1.165, 1.54) is 11.3 Å². The molecule has 0 aliphatic rings. The molecule has 3 rings (SSSR count). The Hall–Kier alpha value is -2.93. The van der Waals surface area contributed by atoms with E-state index >= 15 is 0 Å². The highest BCUT2D eigenvalue weighted by atomic mass is 32.1. The number of aromatic nitrogens is 2. The zero-order valence-electron chi connectivity index (χ0n) is 15.9. The van der Waals surface area contributed by atoms with Crippen LogP contribution in [0.3, 0.4) is 0 Å². The summed E-state index contributed by atoms with van der Waals surface area (Å²) in [7, 11) is 0. The van der Waals surface area contributed by atoms with E-state index in [4.69, 9.17) is 10.5 Å². The molecule has 0 unspecified atom stereocenters. The molecule has 1 amide bonds. The van der Waals surface area contributed by atoms with Gasteiger partial charge in [-0.1, -0.05) is 13.8 Å². The van der Waals surface area contributed by atoms with Gasteiger partial charge in [-0.2, -0.15) is 0 Å². The predicted molar refractivity (Wildman–Crippen MR) is 111 cm³/mol. The lowest BCUT2D eigenvalue weighted by molar-refractivity contribution is 0.100. The van der Waals surface area contributed by atoms with Crippen molar-refractivity contribution in [3.8, 4) is 17.0 Å². The second kappa shape index (κ2) is 9.68. The number of hydrogen-bond donors (Lipinski definition) is 2. The minimum absolute atomic E-state index is 0.00338. The standard InChI is InChI=1S/C18H18N4O2S.C2H6/c1-11(2)24-16-4-3-13(17(19)23)9-14(16)21-18-22-15(10-25-18)12-5-7-20-8-6-12;1-2/h3-11H,1-2H3,(H2,19,23)(H,21,22);1-2H3. The van der Waals surface area contributed by atoms with Crippen LogP contribution in [0.4, 0.5) is 10.8 Å². The number of carbonyl (C=O) groups excluding carboxylic acids is 1. The number of nitrogens with one attached hydrogen (secondary N) is 1. The maximum Gasteiger partial charge on any atom is 0.248 e. The first-order chi connectivity index (χ1) is 13.0. The molecule has 3 aromatic rings. The summed E-state index contributed by atoms with van der Waals surface area (Å²) >= 11 is 1.47. The van der Waals surface area contributed by atoms with Gasteiger partial charge in [0, 0.05) is 28.9 Å². The van der Waals surface area contributed by atoms with Crippen LogP contribution in [0, 0.1) is 0 Å². The normalized spacial score (nSPS) is 10.1. The summed E-state index contributed by atoms with van der Waals surface area (Å²) in [6, 6.07) is 8.86. The molecule has 0 bridgehead atoms. The van der Waals surface area contributed by atoms with E-state index < -0.39 is 5.91 Å². The lowest BCUT2D eigenvalue weighted by Gasteiger charge is -2.15. The van der Waals surface area contributed by atoms with Crippen molar-refractivity contribution >= 4 is 28.1 Å². The van der Waals surface area contributed by atoms with E-state index in [0.29, 0.717) is 22.1 Å². The van der Waals surface area contributed by atoms with E-state index in [1.54, 1.807) is 30.6 Å². The summed E-state index contributed by atoms with van der Waals surface area (Å²) < 4.78 is 5.80. The summed E-state index contributed by atoms with van der Waals surface area (Å²) in [4.78, 5) is 20.1. The molecule has 0 fully saturated rings. The highest BCUT2D eigenvalue weighted by Crippen LogP contribution is 2.32. The summed E-state index contributed by atoms with van der Waals surface area (Å²) in [6.07, 6.45) is 3.46. The number of carbonyl (C=O) groups is 1. The Morgan fingerprint density at radius 2 is 1.89 bits per heavy atom. The summed E-state index contributed by atoms with van der Waals surface area (Å²) in [6.45, 7) is 7.88. The molecule has 7 heteroatoms. The number of nitrogens with two attached hydrogens (primary N) is 1. The van der Waals surface area contributed by atoms with Gasteiger partial charge in [0.05, 0.1) is 17.5 Å². The Labute approximate surface area is 163 Å². The highest BCUT2D eigenvalue weighted by molar-refractivity contribution is 7.14. The zero-order chi connectivity index (χ0) is 19.8. The molecule has 6 nitrogen and oxygen atoms in total. The number of hydrogen-bond acceptors (Lipinski definition) is 6. The van der Waals surface area contributed by atoms with E-state index in [2.05, 4.69) is 15.3 Å². The molecular weight excluding hydrogens is 360 g/mol. The molecule has 1 aromatic carbocycles. The van der Waals surface area contributed by atoms with Crippen LogP contribution in [0.25, 0.3) is 11.3 Å². The van der Waals surface area contributed by atoms with Crippen LogP contribution < -0.4 is 15.8 Å². The van der Waals surface area contributed by atoms with Crippen molar-refractivity contribution in [2.45, 2.75) is 33.8 Å². The number of benzene rings is 1. The molecule has 2 aromatic heterocycles. The van der Waals surface area contributed by atoms with Crippen LogP contribution in [0.15, 0.2) is 48.1 Å². The topological polar surface area (TPSA) is 90.1 Å². The Bertz CT molecular complexity index is 879. The minimum Gasteiger partial charge on any atom is -0.489 e. The fourth-order valence-electron chi connectivity index (χ4n) is 2.24. The predicted octanol–water partition coefficient (Wildman–Crippen LogP) is 4.86. The number of nitrogens with zero attached hydrogens (tertiary/aromatic N) is 2. The van der Waals surface area contributed by atoms with Crippen LogP contribution in [0.2, 0.25) is 0 Å². The molecule has 0 aliphatic heterocycles. The molecule has 0 spiro atoms. The summed E-state index contributed by atoms with van der Waals surface area (Å²) in [5, 5.41) is 5.88. The van der Waals surface area contributed by atoms with Crippen LogP contribution in [-0.4, -0.2) is 22.0 Å². The minimum atomic E-state index is -0.490. The first-order valence-corrected chi connectivity index (χ1v) is 9.64.